The predicted octanol–water partition coefficient (Wildman–Crippen LogP) is 1.28. The van der Waals surface area contributed by atoms with Gasteiger partial charge < -0.3 is 10.0 Å². The van der Waals surface area contributed by atoms with Gasteiger partial charge in [0.05, 0.1) is 6.61 Å². The number of nitrogens with zero attached hydrogens (tertiary/aromatic N) is 3. The summed E-state index contributed by atoms with van der Waals surface area (Å²) in [5.41, 5.74) is 1.74. The molecule has 2 rings (SSSR count). The Kier molecular flexibility index (Phi) is 3.31. The van der Waals surface area contributed by atoms with Crippen molar-refractivity contribution < 1.29 is 5.11 Å². The average molecular weight is 213 g/mol. The van der Waals surface area contributed by atoms with Gasteiger partial charge in [0.15, 0.2) is 0 Å². The van der Waals surface area contributed by atoms with E-state index in [1.54, 1.807) is 16.8 Å². The van der Waals surface area contributed by atoms with Crippen LogP contribution in [0.25, 0.3) is 0 Å². The molecule has 1 fully saturated rings. The average Bonchev–Trinajstić information content (AvgIpc) is 2.87. The van der Waals surface area contributed by atoms with Crippen molar-refractivity contribution >= 4 is 16.5 Å². The maximum Gasteiger partial charge on any atom is 0.208 e. The predicted molar refractivity (Wildman–Crippen MR) is 56.6 cm³/mol. The molecule has 0 saturated heterocycles. The minimum atomic E-state index is 0.191. The van der Waals surface area contributed by atoms with Gasteiger partial charge in [0, 0.05) is 12.6 Å². The number of hydrogen-bond acceptors (Lipinski definition) is 5. The normalized spacial score (nSPS) is 17.5. The van der Waals surface area contributed by atoms with Crippen LogP contribution in [0.2, 0.25) is 0 Å². The van der Waals surface area contributed by atoms with Gasteiger partial charge >= 0.3 is 0 Å². The molecule has 0 aromatic carbocycles. The molecule has 0 amide bonds. The molecule has 78 valence electrons. The molecule has 1 heterocycles. The first kappa shape index (κ1) is 9.86. The maximum atomic E-state index is 9.01. The minimum absolute atomic E-state index is 0.191. The van der Waals surface area contributed by atoms with Crippen LogP contribution in [0.3, 0.4) is 0 Å². The lowest BCUT2D eigenvalue weighted by Gasteiger charge is -2.27. The summed E-state index contributed by atoms with van der Waals surface area (Å²) < 4.78 is 0. The van der Waals surface area contributed by atoms with Crippen molar-refractivity contribution in [2.75, 3.05) is 18.1 Å². The van der Waals surface area contributed by atoms with Crippen LogP contribution in [0.1, 0.15) is 25.7 Å². The Labute approximate surface area is 87.6 Å². The van der Waals surface area contributed by atoms with Gasteiger partial charge in [0.1, 0.15) is 5.51 Å². The number of aliphatic hydroxyl groups excluding tert-OH is 1. The van der Waals surface area contributed by atoms with Crippen LogP contribution in [0.15, 0.2) is 5.51 Å². The molecule has 0 spiro atoms. The Bertz CT molecular complexity index is 259. The Morgan fingerprint density at radius 3 is 2.86 bits per heavy atom. The molecule has 1 aromatic heterocycles. The largest absolute Gasteiger partial charge is 0.395 e. The summed E-state index contributed by atoms with van der Waals surface area (Å²) in [4.78, 5) is 2.20. The second-order valence-corrected chi connectivity index (χ2v) is 4.39. The Hall–Kier alpha value is -0.680. The topological polar surface area (TPSA) is 49.2 Å². The minimum Gasteiger partial charge on any atom is -0.395 e. The lowest BCUT2D eigenvalue weighted by atomic mass is 10.2. The van der Waals surface area contributed by atoms with Gasteiger partial charge in [0.25, 0.3) is 0 Å². The molecule has 0 atom stereocenters. The second-order valence-electron chi connectivity index (χ2n) is 3.58. The number of rotatable bonds is 4. The van der Waals surface area contributed by atoms with Crippen LogP contribution in [0, 0.1) is 0 Å². The Balaban J connectivity index is 2.06. The first-order valence-corrected chi connectivity index (χ1v) is 5.93. The van der Waals surface area contributed by atoms with Crippen LogP contribution in [0.4, 0.5) is 5.13 Å². The summed E-state index contributed by atoms with van der Waals surface area (Å²) in [5.74, 6) is 0. The van der Waals surface area contributed by atoms with E-state index >= 15 is 0 Å². The van der Waals surface area contributed by atoms with E-state index in [0.717, 1.165) is 5.13 Å². The third-order valence-electron chi connectivity index (χ3n) is 2.70. The van der Waals surface area contributed by atoms with Gasteiger partial charge in [0.2, 0.25) is 5.13 Å². The van der Waals surface area contributed by atoms with E-state index in [9.17, 15) is 0 Å². The van der Waals surface area contributed by atoms with Crippen molar-refractivity contribution in [1.82, 2.24) is 10.2 Å². The summed E-state index contributed by atoms with van der Waals surface area (Å²) in [7, 11) is 0. The zero-order valence-corrected chi connectivity index (χ0v) is 8.91. The number of hydrogen-bond donors (Lipinski definition) is 1. The molecular weight excluding hydrogens is 198 g/mol. The molecule has 1 aliphatic rings. The number of aliphatic hydroxyl groups is 1. The van der Waals surface area contributed by atoms with Gasteiger partial charge in [-0.25, -0.2) is 0 Å². The fourth-order valence-electron chi connectivity index (χ4n) is 2.05. The molecular formula is C9H15N3OS. The maximum absolute atomic E-state index is 9.01. The SMILES string of the molecule is OCCN(c1nncs1)C1CCCC1. The summed E-state index contributed by atoms with van der Waals surface area (Å²) in [6.07, 6.45) is 5.04. The van der Waals surface area contributed by atoms with Crippen molar-refractivity contribution in [2.45, 2.75) is 31.7 Å². The van der Waals surface area contributed by atoms with E-state index in [4.69, 9.17) is 5.11 Å². The van der Waals surface area contributed by atoms with Crippen molar-refractivity contribution in [1.29, 1.82) is 0 Å². The van der Waals surface area contributed by atoms with Crippen molar-refractivity contribution in [2.24, 2.45) is 0 Å². The molecule has 5 heteroatoms. The monoisotopic (exact) mass is 213 g/mol. The highest BCUT2D eigenvalue weighted by molar-refractivity contribution is 7.13. The third-order valence-corrected chi connectivity index (χ3v) is 3.43. The highest BCUT2D eigenvalue weighted by Gasteiger charge is 2.24. The highest BCUT2D eigenvalue weighted by atomic mass is 32.1. The van der Waals surface area contributed by atoms with Crippen LogP contribution < -0.4 is 4.90 Å². The van der Waals surface area contributed by atoms with Crippen LogP contribution >= 0.6 is 11.3 Å². The molecule has 1 N–H and O–H groups in total. The fourth-order valence-corrected chi connectivity index (χ4v) is 2.71. The molecule has 1 aliphatic carbocycles. The van der Waals surface area contributed by atoms with E-state index < -0.39 is 0 Å². The van der Waals surface area contributed by atoms with Crippen molar-refractivity contribution in [3.8, 4) is 0 Å². The summed E-state index contributed by atoms with van der Waals surface area (Å²) in [6, 6.07) is 0.565. The molecule has 1 saturated carbocycles. The van der Waals surface area contributed by atoms with Gasteiger partial charge in [-0.3, -0.25) is 0 Å². The smallest absolute Gasteiger partial charge is 0.208 e. The zero-order valence-electron chi connectivity index (χ0n) is 8.09. The summed E-state index contributed by atoms with van der Waals surface area (Å²) in [5, 5.41) is 17.9. The molecule has 0 bridgehead atoms. The fraction of sp³-hybridized carbons (Fsp3) is 0.778. The number of aromatic nitrogens is 2. The lowest BCUT2D eigenvalue weighted by molar-refractivity contribution is 0.297. The van der Waals surface area contributed by atoms with E-state index in [1.165, 1.54) is 25.7 Å². The van der Waals surface area contributed by atoms with Crippen molar-refractivity contribution in [3.05, 3.63) is 5.51 Å². The van der Waals surface area contributed by atoms with E-state index in [2.05, 4.69) is 15.1 Å². The van der Waals surface area contributed by atoms with Crippen LogP contribution in [0.5, 0.6) is 0 Å². The highest BCUT2D eigenvalue weighted by Crippen LogP contribution is 2.28. The molecule has 0 unspecified atom stereocenters. The van der Waals surface area contributed by atoms with E-state index in [0.29, 0.717) is 12.6 Å². The molecule has 1 aromatic rings. The van der Waals surface area contributed by atoms with Crippen molar-refractivity contribution in [3.63, 3.8) is 0 Å². The lowest BCUT2D eigenvalue weighted by Crippen LogP contribution is -2.35. The first-order valence-electron chi connectivity index (χ1n) is 5.05. The zero-order chi connectivity index (χ0) is 9.80. The van der Waals surface area contributed by atoms with Gasteiger partial charge in [-0.2, -0.15) is 0 Å². The van der Waals surface area contributed by atoms with Crippen LogP contribution in [-0.4, -0.2) is 34.5 Å². The van der Waals surface area contributed by atoms with E-state index in [-0.39, 0.29) is 6.61 Å². The second kappa shape index (κ2) is 4.70. The Morgan fingerprint density at radius 1 is 1.50 bits per heavy atom. The van der Waals surface area contributed by atoms with Gasteiger partial charge in [-0.1, -0.05) is 24.2 Å². The van der Waals surface area contributed by atoms with Crippen LogP contribution in [-0.2, 0) is 0 Å². The van der Waals surface area contributed by atoms with E-state index in [1.807, 2.05) is 0 Å². The number of anilines is 1. The molecule has 0 aliphatic heterocycles. The summed E-state index contributed by atoms with van der Waals surface area (Å²) >= 11 is 1.55. The van der Waals surface area contributed by atoms with Gasteiger partial charge in [-0.05, 0) is 12.8 Å². The molecule has 14 heavy (non-hydrogen) atoms. The molecule has 4 nitrogen and oxygen atoms in total. The van der Waals surface area contributed by atoms with Gasteiger partial charge in [-0.15, -0.1) is 10.2 Å². The Morgan fingerprint density at radius 2 is 2.29 bits per heavy atom. The standard InChI is InChI=1S/C9H15N3OS/c13-6-5-12(8-3-1-2-4-8)9-11-10-7-14-9/h7-8,13H,1-6H2. The quantitative estimate of drug-likeness (QED) is 0.818. The molecule has 0 radical (unpaired) electrons. The third kappa shape index (κ3) is 2.04. The first-order chi connectivity index (χ1) is 6.92. The summed E-state index contributed by atoms with van der Waals surface area (Å²) in [6.45, 7) is 0.871.